The average Bonchev–Trinajstić information content (AvgIpc) is 3.13. The number of ether oxygens (including phenoxy) is 4. The van der Waals surface area contributed by atoms with Gasteiger partial charge in [-0.3, -0.25) is 4.79 Å². The molecule has 338 valence electrons. The monoisotopic (exact) mass is 812 g/mol. The fraction of sp³-hybridized carbons (Fsp3) is 0.936. The molecule has 0 radical (unpaired) electrons. The first-order valence-electron chi connectivity index (χ1n) is 23.7. The quantitative estimate of drug-likeness (QED) is 0.0530. The van der Waals surface area contributed by atoms with Crippen LogP contribution in [-0.4, -0.2) is 74.4 Å². The minimum Gasteiger partial charge on any atom is -0.444 e. The van der Waals surface area contributed by atoms with Gasteiger partial charge in [0.15, 0.2) is 0 Å². The van der Waals surface area contributed by atoms with Crippen molar-refractivity contribution in [3.05, 3.63) is 0 Å². The smallest absolute Gasteiger partial charge is 0.408 e. The van der Waals surface area contributed by atoms with Crippen LogP contribution >= 0.6 is 0 Å². The fourth-order valence-corrected chi connectivity index (χ4v) is 6.65. The third-order valence-corrected chi connectivity index (χ3v) is 9.90. The SMILES string of the molecule is CCCCCCCCCCCCCCOCC(CNC(=O)[C@H](CCCCNC(=O)OC(C)(C)C)NC(=O)OC(C)(C)C)OCCCCCCCCCCCCCC. The fourth-order valence-electron chi connectivity index (χ4n) is 6.65. The Hall–Kier alpha value is -2.07. The number of unbranched alkanes of at least 4 members (excludes halogenated alkanes) is 23. The molecule has 0 heterocycles. The van der Waals surface area contributed by atoms with Crippen LogP contribution in [0, 0.1) is 0 Å². The van der Waals surface area contributed by atoms with Crippen molar-refractivity contribution in [1.29, 1.82) is 0 Å². The van der Waals surface area contributed by atoms with E-state index in [4.69, 9.17) is 18.9 Å². The maximum Gasteiger partial charge on any atom is 0.408 e. The Morgan fingerprint density at radius 2 is 0.912 bits per heavy atom. The molecule has 0 aromatic heterocycles. The molecule has 10 nitrogen and oxygen atoms in total. The van der Waals surface area contributed by atoms with Crippen LogP contribution in [0.4, 0.5) is 9.59 Å². The van der Waals surface area contributed by atoms with Crippen LogP contribution < -0.4 is 16.0 Å². The van der Waals surface area contributed by atoms with Gasteiger partial charge in [0.1, 0.15) is 17.2 Å². The summed E-state index contributed by atoms with van der Waals surface area (Å²) in [7, 11) is 0. The first-order chi connectivity index (χ1) is 27.3. The van der Waals surface area contributed by atoms with Gasteiger partial charge in [0.05, 0.1) is 12.7 Å². The van der Waals surface area contributed by atoms with E-state index in [0.29, 0.717) is 52.2 Å². The highest BCUT2D eigenvalue weighted by Crippen LogP contribution is 2.14. The molecular formula is C47H93N3O7. The zero-order chi connectivity index (χ0) is 42.5. The minimum atomic E-state index is -0.791. The maximum atomic E-state index is 13.5. The van der Waals surface area contributed by atoms with Crippen molar-refractivity contribution in [3.63, 3.8) is 0 Å². The summed E-state index contributed by atoms with van der Waals surface area (Å²) >= 11 is 0. The Labute approximate surface area is 351 Å². The maximum absolute atomic E-state index is 13.5. The normalized spacial score (nSPS) is 12.9. The van der Waals surface area contributed by atoms with Gasteiger partial charge in [-0.05, 0) is 73.6 Å². The highest BCUT2D eigenvalue weighted by molar-refractivity contribution is 5.85. The van der Waals surface area contributed by atoms with Gasteiger partial charge in [-0.25, -0.2) is 9.59 Å². The largest absolute Gasteiger partial charge is 0.444 e. The second-order valence-corrected chi connectivity index (χ2v) is 18.2. The Balaban J connectivity index is 4.89. The molecule has 0 spiro atoms. The lowest BCUT2D eigenvalue weighted by Gasteiger charge is -2.24. The molecule has 0 rings (SSSR count). The second kappa shape index (κ2) is 37.0. The minimum absolute atomic E-state index is 0.279. The van der Waals surface area contributed by atoms with Gasteiger partial charge in [-0.2, -0.15) is 0 Å². The van der Waals surface area contributed by atoms with Crippen LogP contribution in [0.1, 0.15) is 229 Å². The Bertz CT molecular complexity index is 950. The molecule has 3 amide bonds. The Morgan fingerprint density at radius 3 is 1.37 bits per heavy atom. The van der Waals surface area contributed by atoms with E-state index in [1.807, 2.05) is 20.8 Å². The average molecular weight is 812 g/mol. The summed E-state index contributed by atoms with van der Waals surface area (Å²) in [4.78, 5) is 38.2. The summed E-state index contributed by atoms with van der Waals surface area (Å²) in [6.45, 7) is 17.8. The second-order valence-electron chi connectivity index (χ2n) is 18.2. The van der Waals surface area contributed by atoms with Crippen LogP contribution in [0.25, 0.3) is 0 Å². The molecule has 0 aromatic rings. The summed E-state index contributed by atoms with van der Waals surface area (Å²) in [5.74, 6) is -0.291. The molecule has 0 aliphatic rings. The lowest BCUT2D eigenvalue weighted by atomic mass is 10.1. The zero-order valence-corrected chi connectivity index (χ0v) is 38.6. The summed E-state index contributed by atoms with van der Waals surface area (Å²) < 4.78 is 23.2. The predicted molar refractivity (Wildman–Crippen MR) is 237 cm³/mol. The summed E-state index contributed by atoms with van der Waals surface area (Å²) in [5, 5.41) is 8.55. The van der Waals surface area contributed by atoms with Gasteiger partial charge in [0, 0.05) is 26.3 Å². The molecule has 0 aliphatic heterocycles. The number of carbonyl (C=O) groups excluding carboxylic acids is 3. The van der Waals surface area contributed by atoms with Gasteiger partial charge >= 0.3 is 12.2 Å². The molecule has 0 aliphatic carbocycles. The van der Waals surface area contributed by atoms with E-state index in [2.05, 4.69) is 29.8 Å². The zero-order valence-electron chi connectivity index (χ0n) is 38.6. The van der Waals surface area contributed by atoms with E-state index in [9.17, 15) is 14.4 Å². The molecule has 0 fully saturated rings. The van der Waals surface area contributed by atoms with E-state index in [0.717, 1.165) is 19.3 Å². The van der Waals surface area contributed by atoms with Gasteiger partial charge in [-0.1, -0.05) is 155 Å². The number of hydrogen-bond donors (Lipinski definition) is 3. The van der Waals surface area contributed by atoms with Crippen LogP contribution in [-0.2, 0) is 23.7 Å². The molecule has 2 atom stereocenters. The standard InChI is InChI=1S/C47H93N3O7/c1-9-11-13-15-17-19-21-23-25-27-29-33-37-54-40-41(55-38-34-30-28-26-24-22-20-18-16-14-12-10-2)39-49-43(51)42(50-45(53)57-47(6,7)8)35-31-32-36-48-44(52)56-46(3,4)5/h41-42H,9-40H2,1-8H3,(H,48,52)(H,49,51)(H,50,53)/t41?,42-/m0/s1. The van der Waals surface area contributed by atoms with Crippen molar-refractivity contribution in [2.45, 2.75) is 252 Å². The van der Waals surface area contributed by atoms with Crippen molar-refractivity contribution in [2.24, 2.45) is 0 Å². The van der Waals surface area contributed by atoms with E-state index in [1.165, 1.54) is 135 Å². The highest BCUT2D eigenvalue weighted by Gasteiger charge is 2.25. The number of nitrogens with one attached hydrogen (secondary N) is 3. The Morgan fingerprint density at radius 1 is 0.491 bits per heavy atom. The molecule has 3 N–H and O–H groups in total. The first kappa shape index (κ1) is 54.9. The summed E-state index contributed by atoms with van der Waals surface area (Å²) in [6.07, 6.45) is 31.3. The van der Waals surface area contributed by atoms with Crippen LogP contribution in [0.15, 0.2) is 0 Å². The third-order valence-electron chi connectivity index (χ3n) is 9.90. The summed E-state index contributed by atoms with van der Waals surface area (Å²) in [6, 6.07) is -0.791. The van der Waals surface area contributed by atoms with Crippen molar-refractivity contribution >= 4 is 18.1 Å². The molecular weight excluding hydrogens is 719 g/mol. The number of amides is 3. The van der Waals surface area contributed by atoms with Crippen molar-refractivity contribution in [1.82, 2.24) is 16.0 Å². The molecule has 10 heteroatoms. The van der Waals surface area contributed by atoms with Crippen molar-refractivity contribution in [3.8, 4) is 0 Å². The van der Waals surface area contributed by atoms with Crippen molar-refractivity contribution < 1.29 is 33.3 Å². The van der Waals surface area contributed by atoms with Gasteiger partial charge in [-0.15, -0.1) is 0 Å². The highest BCUT2D eigenvalue weighted by atomic mass is 16.6. The number of carbonyl (C=O) groups is 3. The molecule has 0 saturated heterocycles. The van der Waals surface area contributed by atoms with E-state index in [-0.39, 0.29) is 12.0 Å². The lowest BCUT2D eigenvalue weighted by Crippen LogP contribution is -2.50. The molecule has 57 heavy (non-hydrogen) atoms. The van der Waals surface area contributed by atoms with E-state index in [1.54, 1.807) is 20.8 Å². The van der Waals surface area contributed by atoms with E-state index >= 15 is 0 Å². The number of alkyl carbamates (subject to hydrolysis) is 2. The Kier molecular flexibility index (Phi) is 35.6. The predicted octanol–water partition coefficient (Wildman–Crippen LogP) is 12.5. The van der Waals surface area contributed by atoms with Crippen molar-refractivity contribution in [2.75, 3.05) is 32.9 Å². The number of rotatable bonds is 38. The molecule has 0 aromatic carbocycles. The molecule has 1 unspecified atom stereocenters. The molecule has 0 saturated carbocycles. The summed E-state index contributed by atoms with van der Waals surface area (Å²) in [5.41, 5.74) is -1.27. The van der Waals surface area contributed by atoms with Crippen LogP contribution in [0.2, 0.25) is 0 Å². The van der Waals surface area contributed by atoms with E-state index < -0.39 is 29.4 Å². The van der Waals surface area contributed by atoms with Crippen LogP contribution in [0.3, 0.4) is 0 Å². The third kappa shape index (κ3) is 40.5. The first-order valence-corrected chi connectivity index (χ1v) is 23.7. The van der Waals surface area contributed by atoms with Gasteiger partial charge in [0.2, 0.25) is 5.91 Å². The topological polar surface area (TPSA) is 124 Å². The van der Waals surface area contributed by atoms with Crippen LogP contribution in [0.5, 0.6) is 0 Å². The lowest BCUT2D eigenvalue weighted by molar-refractivity contribution is -0.124. The number of hydrogen-bond acceptors (Lipinski definition) is 7. The van der Waals surface area contributed by atoms with Gasteiger partial charge in [0.25, 0.3) is 0 Å². The van der Waals surface area contributed by atoms with Gasteiger partial charge < -0.3 is 34.9 Å². The molecule has 0 bridgehead atoms.